The molecule has 21 heavy (non-hydrogen) atoms. The number of rotatable bonds is 7. The Morgan fingerprint density at radius 1 is 1.19 bits per heavy atom. The van der Waals surface area contributed by atoms with Crippen LogP contribution in [0.5, 0.6) is 0 Å². The van der Waals surface area contributed by atoms with E-state index in [1.54, 1.807) is 0 Å². The normalized spacial score (nSPS) is 21.9. The van der Waals surface area contributed by atoms with Crippen molar-refractivity contribution in [2.75, 3.05) is 26.2 Å². The maximum absolute atomic E-state index is 3.72. The Hall–Kier alpha value is -0.860. The predicted octanol–water partition coefficient (Wildman–Crippen LogP) is 4.24. The third-order valence-electron chi connectivity index (χ3n) is 4.69. The van der Waals surface area contributed by atoms with Crippen molar-refractivity contribution in [2.24, 2.45) is 5.92 Å². The van der Waals surface area contributed by atoms with E-state index >= 15 is 0 Å². The molecule has 0 spiro atoms. The van der Waals surface area contributed by atoms with Crippen LogP contribution in [0.4, 0.5) is 0 Å². The topological polar surface area (TPSA) is 15.3 Å². The molecule has 1 saturated heterocycles. The van der Waals surface area contributed by atoms with E-state index in [9.17, 15) is 0 Å². The van der Waals surface area contributed by atoms with Crippen molar-refractivity contribution in [3.8, 4) is 0 Å². The van der Waals surface area contributed by atoms with Gasteiger partial charge in [-0.3, -0.25) is 0 Å². The third kappa shape index (κ3) is 5.80. The van der Waals surface area contributed by atoms with Crippen molar-refractivity contribution in [3.63, 3.8) is 0 Å². The fourth-order valence-corrected chi connectivity index (χ4v) is 3.25. The lowest BCUT2D eigenvalue weighted by Crippen LogP contribution is -2.30. The molecular formula is C19H32N2. The SMILES string of the molecule is CCCNC(CCN1CCCC(C)CC1)c1ccccc1. The molecule has 0 saturated carbocycles. The van der Waals surface area contributed by atoms with Crippen molar-refractivity contribution in [1.82, 2.24) is 10.2 Å². The standard InChI is InChI=1S/C19H32N2/c1-3-13-20-19(18-9-5-4-6-10-18)12-16-21-14-7-8-17(2)11-15-21/h4-6,9-10,17,19-20H,3,7-8,11-16H2,1-2H3. The Morgan fingerprint density at radius 2 is 2.00 bits per heavy atom. The van der Waals surface area contributed by atoms with E-state index in [0.717, 1.165) is 12.5 Å². The first-order valence-electron chi connectivity index (χ1n) is 8.80. The Balaban J connectivity index is 1.86. The molecule has 2 nitrogen and oxygen atoms in total. The summed E-state index contributed by atoms with van der Waals surface area (Å²) in [4.78, 5) is 2.67. The van der Waals surface area contributed by atoms with E-state index < -0.39 is 0 Å². The average Bonchev–Trinajstić information content (AvgIpc) is 2.73. The molecule has 2 unspecified atom stereocenters. The van der Waals surface area contributed by atoms with E-state index in [4.69, 9.17) is 0 Å². The monoisotopic (exact) mass is 288 g/mol. The fourth-order valence-electron chi connectivity index (χ4n) is 3.25. The lowest BCUT2D eigenvalue weighted by molar-refractivity contribution is 0.263. The molecule has 0 aliphatic carbocycles. The highest BCUT2D eigenvalue weighted by atomic mass is 15.1. The molecular weight excluding hydrogens is 256 g/mol. The summed E-state index contributed by atoms with van der Waals surface area (Å²) < 4.78 is 0. The van der Waals surface area contributed by atoms with Gasteiger partial charge in [-0.15, -0.1) is 0 Å². The summed E-state index contributed by atoms with van der Waals surface area (Å²) in [6.45, 7) is 9.56. The van der Waals surface area contributed by atoms with Crippen LogP contribution in [-0.4, -0.2) is 31.1 Å². The highest BCUT2D eigenvalue weighted by Crippen LogP contribution is 2.20. The second-order valence-corrected chi connectivity index (χ2v) is 6.58. The first kappa shape index (κ1) is 16.5. The van der Waals surface area contributed by atoms with Gasteiger partial charge in [0.2, 0.25) is 0 Å². The highest BCUT2D eigenvalue weighted by molar-refractivity contribution is 5.18. The Labute approximate surface area is 130 Å². The van der Waals surface area contributed by atoms with E-state index in [1.165, 1.54) is 57.3 Å². The van der Waals surface area contributed by atoms with Crippen LogP contribution in [0.2, 0.25) is 0 Å². The molecule has 0 radical (unpaired) electrons. The fraction of sp³-hybridized carbons (Fsp3) is 0.684. The number of hydrogen-bond acceptors (Lipinski definition) is 2. The molecule has 2 heteroatoms. The summed E-state index contributed by atoms with van der Waals surface area (Å²) in [6, 6.07) is 11.5. The van der Waals surface area contributed by atoms with Crippen molar-refractivity contribution in [3.05, 3.63) is 35.9 Å². The molecule has 1 aromatic carbocycles. The number of nitrogens with zero attached hydrogens (tertiary/aromatic N) is 1. The Bertz CT molecular complexity index is 376. The molecule has 1 fully saturated rings. The summed E-state index contributed by atoms with van der Waals surface area (Å²) in [5.41, 5.74) is 1.44. The minimum absolute atomic E-state index is 0.506. The van der Waals surface area contributed by atoms with Gasteiger partial charge in [-0.05, 0) is 69.8 Å². The molecule has 0 amide bonds. The first-order valence-corrected chi connectivity index (χ1v) is 8.80. The molecule has 1 aliphatic heterocycles. The molecule has 0 aromatic heterocycles. The maximum Gasteiger partial charge on any atom is 0.0332 e. The van der Waals surface area contributed by atoms with Gasteiger partial charge >= 0.3 is 0 Å². The van der Waals surface area contributed by atoms with Gasteiger partial charge in [0.25, 0.3) is 0 Å². The van der Waals surface area contributed by atoms with Gasteiger partial charge in [0, 0.05) is 6.04 Å². The summed E-state index contributed by atoms with van der Waals surface area (Å²) in [5.74, 6) is 0.915. The lowest BCUT2D eigenvalue weighted by Gasteiger charge is -2.25. The molecule has 2 atom stereocenters. The van der Waals surface area contributed by atoms with Crippen LogP contribution in [0.25, 0.3) is 0 Å². The van der Waals surface area contributed by atoms with Crippen LogP contribution in [0.15, 0.2) is 30.3 Å². The Morgan fingerprint density at radius 3 is 2.76 bits per heavy atom. The quantitative estimate of drug-likeness (QED) is 0.807. The van der Waals surface area contributed by atoms with Crippen LogP contribution in [0.3, 0.4) is 0 Å². The molecule has 1 N–H and O–H groups in total. The molecule has 0 bridgehead atoms. The molecule has 2 rings (SSSR count). The zero-order valence-corrected chi connectivity index (χ0v) is 13.9. The van der Waals surface area contributed by atoms with Crippen molar-refractivity contribution in [1.29, 1.82) is 0 Å². The van der Waals surface area contributed by atoms with E-state index in [0.29, 0.717) is 6.04 Å². The molecule has 1 heterocycles. The smallest absolute Gasteiger partial charge is 0.0332 e. The second-order valence-electron chi connectivity index (χ2n) is 6.58. The maximum atomic E-state index is 3.72. The van der Waals surface area contributed by atoms with Crippen molar-refractivity contribution in [2.45, 2.75) is 52.0 Å². The van der Waals surface area contributed by atoms with E-state index in [-0.39, 0.29) is 0 Å². The predicted molar refractivity (Wildman–Crippen MR) is 91.5 cm³/mol. The number of likely N-dealkylation sites (tertiary alicyclic amines) is 1. The number of benzene rings is 1. The van der Waals surface area contributed by atoms with E-state index in [2.05, 4.69) is 54.4 Å². The van der Waals surface area contributed by atoms with Gasteiger partial charge in [-0.1, -0.05) is 44.2 Å². The van der Waals surface area contributed by atoms with Gasteiger partial charge < -0.3 is 10.2 Å². The van der Waals surface area contributed by atoms with Crippen LogP contribution < -0.4 is 5.32 Å². The lowest BCUT2D eigenvalue weighted by atomic mass is 10.0. The summed E-state index contributed by atoms with van der Waals surface area (Å²) in [7, 11) is 0. The summed E-state index contributed by atoms with van der Waals surface area (Å²) in [5, 5.41) is 3.72. The first-order chi connectivity index (χ1) is 10.3. The van der Waals surface area contributed by atoms with E-state index in [1.807, 2.05) is 0 Å². The number of nitrogens with one attached hydrogen (secondary N) is 1. The minimum Gasteiger partial charge on any atom is -0.310 e. The molecule has 118 valence electrons. The van der Waals surface area contributed by atoms with Gasteiger partial charge in [0.1, 0.15) is 0 Å². The minimum atomic E-state index is 0.506. The van der Waals surface area contributed by atoms with Crippen LogP contribution in [-0.2, 0) is 0 Å². The van der Waals surface area contributed by atoms with Crippen molar-refractivity contribution >= 4 is 0 Å². The molecule has 1 aromatic rings. The van der Waals surface area contributed by atoms with Crippen LogP contribution >= 0.6 is 0 Å². The summed E-state index contributed by atoms with van der Waals surface area (Å²) in [6.07, 6.45) is 6.58. The third-order valence-corrected chi connectivity index (χ3v) is 4.69. The largest absolute Gasteiger partial charge is 0.310 e. The highest BCUT2D eigenvalue weighted by Gasteiger charge is 2.16. The van der Waals surface area contributed by atoms with Gasteiger partial charge in [-0.25, -0.2) is 0 Å². The van der Waals surface area contributed by atoms with Gasteiger partial charge in [0.15, 0.2) is 0 Å². The molecule has 1 aliphatic rings. The second kappa shape index (κ2) is 9.22. The van der Waals surface area contributed by atoms with Crippen LogP contribution in [0.1, 0.15) is 57.6 Å². The zero-order chi connectivity index (χ0) is 14.9. The summed E-state index contributed by atoms with van der Waals surface area (Å²) >= 11 is 0. The van der Waals surface area contributed by atoms with Gasteiger partial charge in [0.05, 0.1) is 0 Å². The van der Waals surface area contributed by atoms with Crippen molar-refractivity contribution < 1.29 is 0 Å². The number of hydrogen-bond donors (Lipinski definition) is 1. The average molecular weight is 288 g/mol. The zero-order valence-electron chi connectivity index (χ0n) is 13.9. The Kier molecular flexibility index (Phi) is 7.25. The van der Waals surface area contributed by atoms with Crippen LogP contribution in [0, 0.1) is 5.92 Å². The van der Waals surface area contributed by atoms with Gasteiger partial charge in [-0.2, -0.15) is 0 Å².